The molecule has 142 valence electrons. The normalized spacial score (nSPS) is 22.1. The van der Waals surface area contributed by atoms with Crippen molar-refractivity contribution in [1.29, 1.82) is 0 Å². The van der Waals surface area contributed by atoms with Gasteiger partial charge in [-0.2, -0.15) is 0 Å². The minimum absolute atomic E-state index is 0.0153. The molecule has 0 aliphatic carbocycles. The number of amides is 1. The molecule has 2 bridgehead atoms. The summed E-state index contributed by atoms with van der Waals surface area (Å²) in [4.78, 5) is 14.6. The molecule has 1 amide bonds. The van der Waals surface area contributed by atoms with Gasteiger partial charge in [-0.15, -0.1) is 0 Å². The molecule has 2 aromatic rings. The van der Waals surface area contributed by atoms with E-state index in [9.17, 15) is 4.79 Å². The monoisotopic (exact) mass is 428 g/mol. The van der Waals surface area contributed by atoms with E-state index in [1.165, 1.54) is 28.5 Å². The van der Waals surface area contributed by atoms with E-state index in [1.807, 2.05) is 37.5 Å². The van der Waals surface area contributed by atoms with Gasteiger partial charge in [0.1, 0.15) is 0 Å². The molecule has 1 aromatic carbocycles. The summed E-state index contributed by atoms with van der Waals surface area (Å²) >= 11 is 3.85. The topological polar surface area (TPSA) is 45.5 Å². The quantitative estimate of drug-likeness (QED) is 0.731. The number of hydrogen-bond acceptors (Lipinski definition) is 3. The number of benzene rings is 1. The standard InChI is InChI=1S/C22H25BrN2O2/c1-2-24-22(26)17-5-3-16(4-6-17)21(23)18-11-19-7-8-20(12-18)25(19)13-15-9-10-27-14-15/h3-6,9-10,14,19-20H,2,7-8,11-13H2,1H3,(H,24,26). The van der Waals surface area contributed by atoms with Crippen LogP contribution >= 0.6 is 15.9 Å². The number of nitrogens with zero attached hydrogens (tertiary/aromatic N) is 1. The third-order valence-corrected chi connectivity index (χ3v) is 6.75. The van der Waals surface area contributed by atoms with Crippen LogP contribution in [0, 0.1) is 0 Å². The fraction of sp³-hybridized carbons (Fsp3) is 0.409. The maximum atomic E-state index is 11.9. The maximum Gasteiger partial charge on any atom is 0.251 e. The predicted molar refractivity (Wildman–Crippen MR) is 111 cm³/mol. The Hall–Kier alpha value is -1.85. The first-order chi connectivity index (χ1) is 13.2. The lowest BCUT2D eigenvalue weighted by atomic mass is 9.94. The van der Waals surface area contributed by atoms with Crippen LogP contribution < -0.4 is 5.32 Å². The van der Waals surface area contributed by atoms with Gasteiger partial charge >= 0.3 is 0 Å². The number of furan rings is 1. The summed E-state index contributed by atoms with van der Waals surface area (Å²) in [7, 11) is 0. The molecule has 2 fully saturated rings. The van der Waals surface area contributed by atoms with Crippen LogP contribution in [0.15, 0.2) is 52.8 Å². The molecule has 0 saturated carbocycles. The summed E-state index contributed by atoms with van der Waals surface area (Å²) in [5.41, 5.74) is 4.62. The summed E-state index contributed by atoms with van der Waals surface area (Å²) in [5, 5.41) is 2.84. The molecule has 2 aliphatic heterocycles. The van der Waals surface area contributed by atoms with Crippen molar-refractivity contribution in [3.05, 3.63) is 65.1 Å². The number of nitrogens with one attached hydrogen (secondary N) is 1. The van der Waals surface area contributed by atoms with Crippen LogP contribution in [-0.2, 0) is 6.54 Å². The van der Waals surface area contributed by atoms with E-state index in [4.69, 9.17) is 4.42 Å². The second kappa shape index (κ2) is 8.03. The third-order valence-electron chi connectivity index (χ3n) is 5.73. The van der Waals surface area contributed by atoms with Crippen molar-refractivity contribution in [2.24, 2.45) is 0 Å². The van der Waals surface area contributed by atoms with Crippen molar-refractivity contribution in [2.45, 2.75) is 51.2 Å². The molecule has 2 aliphatic rings. The Bertz CT molecular complexity index is 811. The molecule has 3 heterocycles. The van der Waals surface area contributed by atoms with Gasteiger partial charge in [0, 0.05) is 40.8 Å². The lowest BCUT2D eigenvalue weighted by Crippen LogP contribution is -2.39. The van der Waals surface area contributed by atoms with Gasteiger partial charge in [-0.25, -0.2) is 0 Å². The molecule has 2 atom stereocenters. The van der Waals surface area contributed by atoms with E-state index in [1.54, 1.807) is 6.26 Å². The molecule has 0 radical (unpaired) electrons. The summed E-state index contributed by atoms with van der Waals surface area (Å²) in [5.74, 6) is -0.0153. The van der Waals surface area contributed by atoms with E-state index in [-0.39, 0.29) is 5.91 Å². The molecule has 5 heteroatoms. The molecule has 4 nitrogen and oxygen atoms in total. The SMILES string of the molecule is CCNC(=O)c1ccc(C(Br)=C2CC3CCC(C2)N3Cc2ccoc2)cc1. The van der Waals surface area contributed by atoms with Crippen molar-refractivity contribution in [2.75, 3.05) is 6.54 Å². The Morgan fingerprint density at radius 3 is 2.41 bits per heavy atom. The Morgan fingerprint density at radius 2 is 1.81 bits per heavy atom. The average Bonchev–Trinajstić information content (AvgIpc) is 3.27. The highest BCUT2D eigenvalue weighted by Crippen LogP contribution is 2.43. The number of halogens is 1. The van der Waals surface area contributed by atoms with Crippen LogP contribution in [0.2, 0.25) is 0 Å². The highest BCUT2D eigenvalue weighted by atomic mass is 79.9. The van der Waals surface area contributed by atoms with Crippen molar-refractivity contribution < 1.29 is 9.21 Å². The van der Waals surface area contributed by atoms with Gasteiger partial charge < -0.3 is 9.73 Å². The molecule has 27 heavy (non-hydrogen) atoms. The van der Waals surface area contributed by atoms with Gasteiger partial charge in [0.15, 0.2) is 0 Å². The van der Waals surface area contributed by atoms with Crippen LogP contribution in [0.4, 0.5) is 0 Å². The van der Waals surface area contributed by atoms with Gasteiger partial charge in [-0.1, -0.05) is 33.6 Å². The van der Waals surface area contributed by atoms with Crippen LogP contribution in [0.5, 0.6) is 0 Å². The molecule has 0 spiro atoms. The number of carbonyl (C=O) groups is 1. The zero-order valence-electron chi connectivity index (χ0n) is 15.6. The van der Waals surface area contributed by atoms with Crippen molar-refractivity contribution >= 4 is 26.3 Å². The molecule has 2 saturated heterocycles. The van der Waals surface area contributed by atoms with Crippen LogP contribution in [-0.4, -0.2) is 29.4 Å². The Balaban J connectivity index is 1.49. The number of fused-ring (bicyclic) bond motifs is 2. The smallest absolute Gasteiger partial charge is 0.251 e. The van der Waals surface area contributed by atoms with E-state index in [2.05, 4.69) is 32.2 Å². The first kappa shape index (κ1) is 18.5. The summed E-state index contributed by atoms with van der Waals surface area (Å²) in [6.45, 7) is 3.56. The number of hydrogen-bond donors (Lipinski definition) is 1. The van der Waals surface area contributed by atoms with Gasteiger partial charge in [-0.3, -0.25) is 9.69 Å². The fourth-order valence-electron chi connectivity index (χ4n) is 4.37. The maximum absolute atomic E-state index is 11.9. The number of piperidine rings is 1. The van der Waals surface area contributed by atoms with Gasteiger partial charge in [0.25, 0.3) is 5.91 Å². The number of rotatable bonds is 5. The molecule has 4 rings (SSSR count). The molecule has 2 unspecified atom stereocenters. The highest BCUT2D eigenvalue weighted by Gasteiger charge is 2.39. The number of carbonyl (C=O) groups excluding carboxylic acids is 1. The second-order valence-electron chi connectivity index (χ2n) is 7.45. The van der Waals surface area contributed by atoms with E-state index in [0.717, 1.165) is 24.9 Å². The van der Waals surface area contributed by atoms with Crippen molar-refractivity contribution in [1.82, 2.24) is 10.2 Å². The summed E-state index contributed by atoms with van der Waals surface area (Å²) < 4.78 is 6.43. The van der Waals surface area contributed by atoms with Crippen molar-refractivity contribution in [3.8, 4) is 0 Å². The van der Waals surface area contributed by atoms with E-state index in [0.29, 0.717) is 24.2 Å². The van der Waals surface area contributed by atoms with E-state index < -0.39 is 0 Å². The Morgan fingerprint density at radius 1 is 1.15 bits per heavy atom. The summed E-state index contributed by atoms with van der Waals surface area (Å²) in [6, 6.07) is 11.2. The average molecular weight is 429 g/mol. The molecule has 1 aromatic heterocycles. The Kier molecular flexibility index (Phi) is 5.50. The van der Waals surface area contributed by atoms with Crippen LogP contribution in [0.25, 0.3) is 4.48 Å². The van der Waals surface area contributed by atoms with Gasteiger partial charge in [0.05, 0.1) is 12.5 Å². The minimum Gasteiger partial charge on any atom is -0.472 e. The molecule has 1 N–H and O–H groups in total. The van der Waals surface area contributed by atoms with E-state index >= 15 is 0 Å². The lowest BCUT2D eigenvalue weighted by Gasteiger charge is -2.36. The van der Waals surface area contributed by atoms with Crippen LogP contribution in [0.3, 0.4) is 0 Å². The fourth-order valence-corrected chi connectivity index (χ4v) is 4.96. The van der Waals surface area contributed by atoms with Gasteiger partial charge in [-0.05, 0) is 56.4 Å². The minimum atomic E-state index is -0.0153. The van der Waals surface area contributed by atoms with Gasteiger partial charge in [0.2, 0.25) is 0 Å². The molecular weight excluding hydrogens is 404 g/mol. The first-order valence-corrected chi connectivity index (χ1v) is 10.5. The second-order valence-corrected chi connectivity index (χ2v) is 8.24. The molecular formula is C22H25BrN2O2. The zero-order valence-corrected chi connectivity index (χ0v) is 17.2. The largest absolute Gasteiger partial charge is 0.472 e. The first-order valence-electron chi connectivity index (χ1n) is 9.68. The lowest BCUT2D eigenvalue weighted by molar-refractivity contribution is 0.0956. The predicted octanol–water partition coefficient (Wildman–Crippen LogP) is 4.96. The summed E-state index contributed by atoms with van der Waals surface area (Å²) in [6.07, 6.45) is 8.36. The third kappa shape index (κ3) is 3.90. The highest BCUT2D eigenvalue weighted by molar-refractivity contribution is 9.15. The zero-order chi connectivity index (χ0) is 18.8. The van der Waals surface area contributed by atoms with Crippen LogP contribution in [0.1, 0.15) is 54.1 Å². The van der Waals surface area contributed by atoms with Crippen molar-refractivity contribution in [3.63, 3.8) is 0 Å². The Labute approximate surface area is 168 Å².